The summed E-state index contributed by atoms with van der Waals surface area (Å²) in [6.45, 7) is 3.13. The minimum Gasteiger partial charge on any atom is -0.354 e. The third kappa shape index (κ3) is 4.34. The number of amides is 2. The van der Waals surface area contributed by atoms with Crippen LogP contribution in [0.3, 0.4) is 0 Å². The first-order valence-corrected chi connectivity index (χ1v) is 12.0. The van der Waals surface area contributed by atoms with Crippen LogP contribution in [0.4, 0.5) is 0 Å². The molecule has 4 atom stereocenters. The monoisotopic (exact) mass is 440 g/mol. The average molecular weight is 441 g/mol. The summed E-state index contributed by atoms with van der Waals surface area (Å²) in [6.07, 6.45) is 11.0. The first-order chi connectivity index (χ1) is 15.2. The van der Waals surface area contributed by atoms with Crippen molar-refractivity contribution < 1.29 is 9.59 Å². The molecule has 0 aromatic carbocycles. The Kier molecular flexibility index (Phi) is 5.95. The molecule has 2 aromatic heterocycles. The molecule has 1 N–H and O–H groups in total. The summed E-state index contributed by atoms with van der Waals surface area (Å²) in [5.74, 6) is 0.720. The van der Waals surface area contributed by atoms with E-state index < -0.39 is 0 Å². The van der Waals surface area contributed by atoms with E-state index in [2.05, 4.69) is 25.2 Å². The number of aromatic nitrogens is 3. The Balaban J connectivity index is 1.31. The van der Waals surface area contributed by atoms with Crippen LogP contribution in [0.5, 0.6) is 0 Å². The maximum Gasteiger partial charge on any atom is 0.243 e. The van der Waals surface area contributed by atoms with Crippen molar-refractivity contribution in [2.24, 2.45) is 11.8 Å². The molecule has 2 amide bonds. The number of piperidine rings is 3. The highest BCUT2D eigenvalue weighted by Gasteiger charge is 2.51. The molecule has 2 bridgehead atoms. The van der Waals surface area contributed by atoms with Crippen LogP contribution in [0.1, 0.15) is 36.4 Å². The Bertz CT molecular complexity index is 908. The number of likely N-dealkylation sites (tertiary alicyclic amines) is 1. The fourth-order valence-electron chi connectivity index (χ4n) is 5.62. The van der Waals surface area contributed by atoms with Gasteiger partial charge in [-0.25, -0.2) is 4.98 Å². The molecule has 5 rings (SSSR count). The van der Waals surface area contributed by atoms with Crippen molar-refractivity contribution in [3.63, 3.8) is 0 Å². The lowest BCUT2D eigenvalue weighted by atomic mass is 9.71. The molecule has 31 heavy (non-hydrogen) atoms. The van der Waals surface area contributed by atoms with Crippen LogP contribution >= 0.6 is 11.3 Å². The smallest absolute Gasteiger partial charge is 0.243 e. The first kappa shape index (κ1) is 20.5. The molecule has 2 aromatic rings. The molecule has 0 aliphatic carbocycles. The highest BCUT2D eigenvalue weighted by Crippen LogP contribution is 2.42. The maximum absolute atomic E-state index is 13.3. The van der Waals surface area contributed by atoms with Crippen molar-refractivity contribution >= 4 is 23.2 Å². The molecule has 5 heterocycles. The molecule has 0 radical (unpaired) electrons. The zero-order valence-electron chi connectivity index (χ0n) is 17.5. The summed E-state index contributed by atoms with van der Waals surface area (Å²) < 4.78 is 0. The summed E-state index contributed by atoms with van der Waals surface area (Å²) in [4.78, 5) is 43.4. The molecule has 3 saturated heterocycles. The van der Waals surface area contributed by atoms with Crippen molar-refractivity contribution in [1.29, 1.82) is 0 Å². The van der Waals surface area contributed by atoms with Crippen molar-refractivity contribution in [2.45, 2.75) is 50.7 Å². The van der Waals surface area contributed by atoms with E-state index in [1.165, 1.54) is 0 Å². The molecule has 9 heteroatoms. The van der Waals surface area contributed by atoms with Gasteiger partial charge in [-0.2, -0.15) is 0 Å². The fraction of sp³-hybridized carbons (Fsp3) is 0.591. The van der Waals surface area contributed by atoms with Gasteiger partial charge in [0.25, 0.3) is 0 Å². The lowest BCUT2D eigenvalue weighted by Gasteiger charge is -2.55. The summed E-state index contributed by atoms with van der Waals surface area (Å²) in [5, 5.41) is 6.21. The number of fused-ring (bicyclic) bond motifs is 4. The molecular formula is C22H28N6O2S. The van der Waals surface area contributed by atoms with Crippen molar-refractivity contribution in [3.8, 4) is 0 Å². The van der Waals surface area contributed by atoms with Crippen molar-refractivity contribution in [2.75, 3.05) is 19.6 Å². The number of thiazole rings is 1. The minimum absolute atomic E-state index is 0.0244. The largest absolute Gasteiger partial charge is 0.354 e. The van der Waals surface area contributed by atoms with Crippen LogP contribution in [-0.2, 0) is 22.6 Å². The van der Waals surface area contributed by atoms with Gasteiger partial charge in [-0.3, -0.25) is 24.5 Å². The SMILES string of the molecule is O=C(NCCc1cnccn1)[C@H]1[C@H]2C[C@H](CN(Cc3nccs3)C2)[C@@H]2CCCC(=O)N21. The molecule has 3 fully saturated rings. The molecule has 3 aliphatic heterocycles. The first-order valence-electron chi connectivity index (χ1n) is 11.1. The average Bonchev–Trinajstić information content (AvgIpc) is 3.28. The van der Waals surface area contributed by atoms with E-state index in [-0.39, 0.29) is 29.8 Å². The third-order valence-electron chi connectivity index (χ3n) is 6.83. The Hall–Kier alpha value is -2.39. The molecule has 0 unspecified atom stereocenters. The van der Waals surface area contributed by atoms with E-state index in [1.807, 2.05) is 16.5 Å². The molecule has 0 spiro atoms. The van der Waals surface area contributed by atoms with Gasteiger partial charge in [0.05, 0.1) is 12.2 Å². The Morgan fingerprint density at radius 1 is 1.19 bits per heavy atom. The lowest BCUT2D eigenvalue weighted by Crippen LogP contribution is -2.68. The summed E-state index contributed by atoms with van der Waals surface area (Å²) in [5.41, 5.74) is 0.853. The van der Waals surface area contributed by atoms with E-state index in [4.69, 9.17) is 0 Å². The number of nitrogens with zero attached hydrogens (tertiary/aromatic N) is 5. The highest BCUT2D eigenvalue weighted by atomic mass is 32.1. The van der Waals surface area contributed by atoms with Gasteiger partial charge in [-0.15, -0.1) is 11.3 Å². The van der Waals surface area contributed by atoms with Crippen LogP contribution in [-0.4, -0.2) is 68.3 Å². The molecule has 0 saturated carbocycles. The number of rotatable bonds is 6. The third-order valence-corrected chi connectivity index (χ3v) is 7.59. The van der Waals surface area contributed by atoms with Gasteiger partial charge in [0.2, 0.25) is 11.8 Å². The van der Waals surface area contributed by atoms with E-state index in [9.17, 15) is 9.59 Å². The molecule has 8 nitrogen and oxygen atoms in total. The second-order valence-corrected chi connectivity index (χ2v) is 9.80. The minimum atomic E-state index is -0.380. The quantitative estimate of drug-likeness (QED) is 0.732. The number of carbonyl (C=O) groups is 2. The second kappa shape index (κ2) is 9.00. The molecular weight excluding hydrogens is 412 g/mol. The van der Waals surface area contributed by atoms with Crippen LogP contribution < -0.4 is 5.32 Å². The van der Waals surface area contributed by atoms with Gasteiger partial charge in [0.1, 0.15) is 11.0 Å². The number of hydrogen-bond acceptors (Lipinski definition) is 7. The van der Waals surface area contributed by atoms with Crippen LogP contribution in [0.15, 0.2) is 30.2 Å². The van der Waals surface area contributed by atoms with Gasteiger partial charge >= 0.3 is 0 Å². The van der Waals surface area contributed by atoms with E-state index in [1.54, 1.807) is 29.9 Å². The molecule has 3 aliphatic rings. The number of hydrogen-bond donors (Lipinski definition) is 1. The van der Waals surface area contributed by atoms with E-state index in [0.29, 0.717) is 25.3 Å². The van der Waals surface area contributed by atoms with Gasteiger partial charge < -0.3 is 10.2 Å². The van der Waals surface area contributed by atoms with Crippen LogP contribution in [0, 0.1) is 11.8 Å². The van der Waals surface area contributed by atoms with Crippen molar-refractivity contribution in [3.05, 3.63) is 40.9 Å². The predicted molar refractivity (Wildman–Crippen MR) is 116 cm³/mol. The number of carbonyl (C=O) groups excluding carboxylic acids is 2. The fourth-order valence-corrected chi connectivity index (χ4v) is 6.28. The summed E-state index contributed by atoms with van der Waals surface area (Å²) in [6, 6.07) is -0.206. The maximum atomic E-state index is 13.3. The zero-order valence-corrected chi connectivity index (χ0v) is 18.3. The van der Waals surface area contributed by atoms with Crippen LogP contribution in [0.25, 0.3) is 0 Å². The van der Waals surface area contributed by atoms with Gasteiger partial charge in [-0.05, 0) is 25.2 Å². The highest BCUT2D eigenvalue weighted by molar-refractivity contribution is 7.09. The van der Waals surface area contributed by atoms with Crippen molar-refractivity contribution in [1.82, 2.24) is 30.1 Å². The Labute approximate surface area is 186 Å². The van der Waals surface area contributed by atoms with Crippen LogP contribution in [0.2, 0.25) is 0 Å². The normalized spacial score (nSPS) is 28.3. The van der Waals surface area contributed by atoms with Gasteiger partial charge in [0, 0.05) is 74.6 Å². The Morgan fingerprint density at radius 3 is 2.90 bits per heavy atom. The standard InChI is InChI=1S/C22H28N6O2S/c29-20-3-1-2-18-15-10-16(13-27(12-15)14-19-25-8-9-31-19)21(28(18)20)22(30)26-5-4-17-11-23-6-7-24-17/h6-9,11,15-16,18,21H,1-5,10,12-14H2,(H,26,30)/t15-,16+,18+,21-/m1/s1. The van der Waals surface area contributed by atoms with Gasteiger partial charge in [-0.1, -0.05) is 0 Å². The van der Waals surface area contributed by atoms with E-state index in [0.717, 1.165) is 49.6 Å². The number of nitrogens with one attached hydrogen (secondary N) is 1. The summed E-state index contributed by atoms with van der Waals surface area (Å²) >= 11 is 1.68. The van der Waals surface area contributed by atoms with E-state index >= 15 is 0 Å². The lowest BCUT2D eigenvalue weighted by molar-refractivity contribution is -0.160. The zero-order chi connectivity index (χ0) is 21.2. The molecule has 164 valence electrons. The topological polar surface area (TPSA) is 91.3 Å². The second-order valence-electron chi connectivity index (χ2n) is 8.82. The predicted octanol–water partition coefficient (Wildman–Crippen LogP) is 1.49. The summed E-state index contributed by atoms with van der Waals surface area (Å²) in [7, 11) is 0. The van der Waals surface area contributed by atoms with Gasteiger partial charge in [0.15, 0.2) is 0 Å². The Morgan fingerprint density at radius 2 is 2.10 bits per heavy atom.